The SMILES string of the molecule is CNc1ccc(S(N)(=O)=O)c(OC)c1. The third-order valence-corrected chi connectivity index (χ3v) is 2.71. The van der Waals surface area contributed by atoms with Crippen LogP contribution in [0.2, 0.25) is 0 Å². The Balaban J connectivity index is 3.33. The van der Waals surface area contributed by atoms with Crippen molar-refractivity contribution in [2.24, 2.45) is 5.14 Å². The first kappa shape index (κ1) is 10.8. The highest BCUT2D eigenvalue weighted by atomic mass is 32.2. The molecule has 0 aromatic heterocycles. The second-order valence-corrected chi connectivity index (χ2v) is 4.19. The maximum atomic E-state index is 11.1. The highest BCUT2D eigenvalue weighted by molar-refractivity contribution is 7.89. The highest BCUT2D eigenvalue weighted by Gasteiger charge is 2.14. The first-order chi connectivity index (χ1) is 6.49. The molecule has 78 valence electrons. The number of nitrogens with two attached hydrogens (primary N) is 1. The molecule has 0 aliphatic heterocycles. The lowest BCUT2D eigenvalue weighted by Crippen LogP contribution is -2.13. The van der Waals surface area contributed by atoms with Crippen molar-refractivity contribution in [3.05, 3.63) is 18.2 Å². The molecule has 0 saturated carbocycles. The molecule has 0 radical (unpaired) electrons. The Morgan fingerprint density at radius 3 is 2.50 bits per heavy atom. The largest absolute Gasteiger partial charge is 0.495 e. The van der Waals surface area contributed by atoms with Gasteiger partial charge in [0.2, 0.25) is 10.0 Å². The molecular formula is C8H12N2O3S. The number of primary sulfonamides is 1. The van der Waals surface area contributed by atoms with Gasteiger partial charge >= 0.3 is 0 Å². The Labute approximate surface area is 82.9 Å². The summed E-state index contributed by atoms with van der Waals surface area (Å²) < 4.78 is 27.1. The van der Waals surface area contributed by atoms with E-state index in [4.69, 9.17) is 9.88 Å². The van der Waals surface area contributed by atoms with E-state index in [-0.39, 0.29) is 10.6 Å². The number of hydrogen-bond acceptors (Lipinski definition) is 4. The van der Waals surface area contributed by atoms with Crippen molar-refractivity contribution in [3.63, 3.8) is 0 Å². The molecule has 0 aliphatic carbocycles. The second kappa shape index (κ2) is 3.85. The Morgan fingerprint density at radius 1 is 1.43 bits per heavy atom. The molecule has 0 amide bonds. The lowest BCUT2D eigenvalue weighted by Gasteiger charge is -2.08. The molecule has 1 aromatic carbocycles. The van der Waals surface area contributed by atoms with E-state index in [1.165, 1.54) is 13.2 Å². The van der Waals surface area contributed by atoms with Gasteiger partial charge in [0.1, 0.15) is 10.6 Å². The summed E-state index contributed by atoms with van der Waals surface area (Å²) in [4.78, 5) is -0.0148. The summed E-state index contributed by atoms with van der Waals surface area (Å²) in [6, 6.07) is 4.59. The van der Waals surface area contributed by atoms with Crippen molar-refractivity contribution in [1.29, 1.82) is 0 Å². The topological polar surface area (TPSA) is 81.4 Å². The van der Waals surface area contributed by atoms with Gasteiger partial charge in [-0.15, -0.1) is 0 Å². The fourth-order valence-electron chi connectivity index (χ4n) is 1.06. The van der Waals surface area contributed by atoms with Gasteiger partial charge in [0.15, 0.2) is 0 Å². The number of rotatable bonds is 3. The molecule has 3 N–H and O–H groups in total. The van der Waals surface area contributed by atoms with E-state index in [0.717, 1.165) is 5.69 Å². The van der Waals surface area contributed by atoms with Crippen molar-refractivity contribution in [2.75, 3.05) is 19.5 Å². The van der Waals surface area contributed by atoms with Crippen LogP contribution in [0.5, 0.6) is 5.75 Å². The minimum Gasteiger partial charge on any atom is -0.495 e. The fourth-order valence-corrected chi connectivity index (χ4v) is 1.74. The standard InChI is InChI=1S/C8H12N2O3S/c1-10-6-3-4-8(14(9,11)12)7(5-6)13-2/h3-5,10H,1-2H3,(H2,9,11,12). The third kappa shape index (κ3) is 2.15. The minimum absolute atomic E-state index is 0.0148. The van der Waals surface area contributed by atoms with Gasteiger partial charge < -0.3 is 10.1 Å². The molecule has 0 fully saturated rings. The number of hydrogen-bond donors (Lipinski definition) is 2. The first-order valence-corrected chi connectivity index (χ1v) is 5.42. The molecule has 0 aliphatic rings. The van der Waals surface area contributed by atoms with Crippen LogP contribution in [0.25, 0.3) is 0 Å². The van der Waals surface area contributed by atoms with Gasteiger partial charge in [0.05, 0.1) is 7.11 Å². The molecule has 0 saturated heterocycles. The predicted octanol–water partition coefficient (Wildman–Crippen LogP) is 0.384. The Morgan fingerprint density at radius 2 is 2.07 bits per heavy atom. The number of benzene rings is 1. The molecule has 0 spiro atoms. The van der Waals surface area contributed by atoms with E-state index < -0.39 is 10.0 Å². The number of nitrogens with one attached hydrogen (secondary N) is 1. The van der Waals surface area contributed by atoms with E-state index in [9.17, 15) is 8.42 Å². The quantitative estimate of drug-likeness (QED) is 0.765. The summed E-state index contributed by atoms with van der Waals surface area (Å²) in [5.74, 6) is 0.236. The number of anilines is 1. The molecule has 1 rings (SSSR count). The maximum Gasteiger partial charge on any atom is 0.241 e. The lowest BCUT2D eigenvalue weighted by atomic mass is 10.3. The lowest BCUT2D eigenvalue weighted by molar-refractivity contribution is 0.403. The summed E-state index contributed by atoms with van der Waals surface area (Å²) in [6.45, 7) is 0. The monoisotopic (exact) mass is 216 g/mol. The van der Waals surface area contributed by atoms with Gasteiger partial charge in [-0.3, -0.25) is 0 Å². The van der Waals surface area contributed by atoms with E-state index >= 15 is 0 Å². The smallest absolute Gasteiger partial charge is 0.241 e. The van der Waals surface area contributed by atoms with Gasteiger partial charge in [-0.1, -0.05) is 0 Å². The van der Waals surface area contributed by atoms with Crippen molar-refractivity contribution in [2.45, 2.75) is 4.90 Å². The third-order valence-electron chi connectivity index (χ3n) is 1.76. The van der Waals surface area contributed by atoms with Gasteiger partial charge in [0, 0.05) is 18.8 Å². The summed E-state index contributed by atoms with van der Waals surface area (Å²) in [5.41, 5.74) is 0.759. The molecule has 5 nitrogen and oxygen atoms in total. The molecule has 6 heteroatoms. The molecule has 0 heterocycles. The van der Waals surface area contributed by atoms with Gasteiger partial charge in [-0.25, -0.2) is 13.6 Å². The van der Waals surface area contributed by atoms with E-state index in [1.807, 2.05) is 0 Å². The van der Waals surface area contributed by atoms with Gasteiger partial charge in [-0.2, -0.15) is 0 Å². The van der Waals surface area contributed by atoms with Crippen molar-refractivity contribution < 1.29 is 13.2 Å². The predicted molar refractivity (Wildman–Crippen MR) is 53.9 cm³/mol. The summed E-state index contributed by atoms with van der Waals surface area (Å²) >= 11 is 0. The Hall–Kier alpha value is -1.27. The van der Waals surface area contributed by atoms with Crippen LogP contribution >= 0.6 is 0 Å². The number of ether oxygens (including phenoxy) is 1. The van der Waals surface area contributed by atoms with Crippen LogP contribution < -0.4 is 15.2 Å². The van der Waals surface area contributed by atoms with Crippen molar-refractivity contribution >= 4 is 15.7 Å². The van der Waals surface area contributed by atoms with E-state index in [0.29, 0.717) is 0 Å². The highest BCUT2D eigenvalue weighted by Crippen LogP contribution is 2.25. The molecule has 1 aromatic rings. The van der Waals surface area contributed by atoms with Gasteiger partial charge in [0.25, 0.3) is 0 Å². The van der Waals surface area contributed by atoms with Crippen LogP contribution in [0.15, 0.2) is 23.1 Å². The molecule has 0 unspecified atom stereocenters. The maximum absolute atomic E-state index is 11.1. The van der Waals surface area contributed by atoms with E-state index in [2.05, 4.69) is 5.32 Å². The normalized spacial score (nSPS) is 11.1. The van der Waals surface area contributed by atoms with Crippen LogP contribution in [-0.4, -0.2) is 22.6 Å². The second-order valence-electron chi connectivity index (χ2n) is 2.66. The summed E-state index contributed by atoms with van der Waals surface area (Å²) in [5, 5.41) is 7.86. The summed E-state index contributed by atoms with van der Waals surface area (Å²) in [7, 11) is -0.603. The number of methoxy groups -OCH3 is 1. The van der Waals surface area contributed by atoms with E-state index in [1.54, 1.807) is 19.2 Å². The number of sulfonamides is 1. The summed E-state index contributed by atoms with van der Waals surface area (Å²) in [6.07, 6.45) is 0. The average Bonchev–Trinajstić information content (AvgIpc) is 2.15. The molecular weight excluding hydrogens is 204 g/mol. The Kier molecular flexibility index (Phi) is 2.97. The van der Waals surface area contributed by atoms with Crippen LogP contribution in [0, 0.1) is 0 Å². The molecule has 14 heavy (non-hydrogen) atoms. The van der Waals surface area contributed by atoms with Crippen LogP contribution in [0.4, 0.5) is 5.69 Å². The van der Waals surface area contributed by atoms with Crippen molar-refractivity contribution in [3.8, 4) is 5.75 Å². The average molecular weight is 216 g/mol. The zero-order valence-corrected chi connectivity index (χ0v) is 8.76. The first-order valence-electron chi connectivity index (χ1n) is 3.87. The fraction of sp³-hybridized carbons (Fsp3) is 0.250. The zero-order chi connectivity index (χ0) is 10.8. The Bertz CT molecular complexity index is 428. The van der Waals surface area contributed by atoms with Crippen molar-refractivity contribution in [1.82, 2.24) is 0 Å². The molecule has 0 atom stereocenters. The minimum atomic E-state index is -3.72. The van der Waals surface area contributed by atoms with Crippen LogP contribution in [0.3, 0.4) is 0 Å². The van der Waals surface area contributed by atoms with Crippen LogP contribution in [0.1, 0.15) is 0 Å². The zero-order valence-electron chi connectivity index (χ0n) is 7.94. The molecule has 0 bridgehead atoms. The van der Waals surface area contributed by atoms with Gasteiger partial charge in [-0.05, 0) is 12.1 Å². The van der Waals surface area contributed by atoms with Crippen LogP contribution in [-0.2, 0) is 10.0 Å².